The molecule has 3 heterocycles. The van der Waals surface area contributed by atoms with E-state index in [1.54, 1.807) is 23.9 Å². The van der Waals surface area contributed by atoms with Crippen molar-refractivity contribution >= 4 is 40.4 Å². The van der Waals surface area contributed by atoms with Gasteiger partial charge in [0.1, 0.15) is 5.15 Å². The second kappa shape index (κ2) is 4.20. The Morgan fingerprint density at radius 1 is 1.37 bits per heavy atom. The quantitative estimate of drug-likeness (QED) is 0.792. The Labute approximate surface area is 113 Å². The minimum Gasteiger partial charge on any atom is -0.278 e. The number of nitrogens with zero attached hydrogens (tertiary/aromatic N) is 4. The summed E-state index contributed by atoms with van der Waals surface area (Å²) in [5.74, 6) is 0.203. The number of rotatable bonds is 1. The van der Waals surface area contributed by atoms with E-state index in [4.69, 9.17) is 11.6 Å². The van der Waals surface area contributed by atoms with Crippen LogP contribution in [-0.4, -0.2) is 33.2 Å². The smallest absolute Gasteiger partial charge is 0.278 e. The first-order valence-corrected chi connectivity index (χ1v) is 6.04. The molecule has 3 rings (SSSR count). The summed E-state index contributed by atoms with van der Waals surface area (Å²) in [6.45, 7) is 0.305. The minimum absolute atomic E-state index is 0.255. The Morgan fingerprint density at radius 3 is 2.89 bits per heavy atom. The van der Waals surface area contributed by atoms with Crippen LogP contribution in [0.1, 0.15) is 6.42 Å². The molecule has 19 heavy (non-hydrogen) atoms. The molecule has 0 atom stereocenters. The fraction of sp³-hybridized carbons (Fsp3) is 0.273. The monoisotopic (exact) mass is 279 g/mol. The van der Waals surface area contributed by atoms with Gasteiger partial charge in [-0.1, -0.05) is 11.6 Å². The first-order valence-electron chi connectivity index (χ1n) is 5.67. The van der Waals surface area contributed by atoms with Crippen molar-refractivity contribution in [3.05, 3.63) is 17.3 Å². The second-order valence-electron chi connectivity index (χ2n) is 4.21. The van der Waals surface area contributed by atoms with E-state index in [1.807, 2.05) is 0 Å². The van der Waals surface area contributed by atoms with Crippen LogP contribution < -0.4 is 10.2 Å². The molecule has 98 valence electrons. The van der Waals surface area contributed by atoms with Gasteiger partial charge in [-0.3, -0.25) is 15.0 Å². The van der Waals surface area contributed by atoms with Crippen LogP contribution >= 0.6 is 11.6 Å². The highest BCUT2D eigenvalue weighted by molar-refractivity contribution is 6.29. The SMILES string of the molecule is Cn1nc(N2CCC(=O)NC2=O)c2ccc(Cl)nc21. The number of carbonyl (C=O) groups excluding carboxylic acids is 2. The maximum atomic E-state index is 11.8. The van der Waals surface area contributed by atoms with E-state index in [0.29, 0.717) is 23.2 Å². The van der Waals surface area contributed by atoms with Gasteiger partial charge in [0, 0.05) is 20.0 Å². The molecule has 1 aliphatic rings. The van der Waals surface area contributed by atoms with Crippen molar-refractivity contribution in [2.75, 3.05) is 11.4 Å². The molecular weight excluding hydrogens is 270 g/mol. The number of pyridine rings is 1. The molecule has 0 saturated carbocycles. The standard InChI is InChI=1S/C11H10ClN5O2/c1-16-9-6(2-3-7(12)13-9)10(15-16)17-5-4-8(18)14-11(17)19/h2-3H,4-5H2,1H3,(H,14,18,19). The van der Waals surface area contributed by atoms with Gasteiger partial charge < -0.3 is 0 Å². The number of nitrogens with one attached hydrogen (secondary N) is 1. The lowest BCUT2D eigenvalue weighted by atomic mass is 10.2. The average molecular weight is 280 g/mol. The van der Waals surface area contributed by atoms with Crippen LogP contribution in [0.25, 0.3) is 11.0 Å². The van der Waals surface area contributed by atoms with Gasteiger partial charge in [0.15, 0.2) is 11.5 Å². The summed E-state index contributed by atoms with van der Waals surface area (Å²) in [4.78, 5) is 28.6. The number of amides is 3. The summed E-state index contributed by atoms with van der Waals surface area (Å²) in [5.41, 5.74) is 0.590. The van der Waals surface area contributed by atoms with Gasteiger partial charge >= 0.3 is 6.03 Å². The van der Waals surface area contributed by atoms with Crippen molar-refractivity contribution in [3.63, 3.8) is 0 Å². The van der Waals surface area contributed by atoms with Crippen molar-refractivity contribution in [2.45, 2.75) is 6.42 Å². The molecule has 0 spiro atoms. The molecule has 7 nitrogen and oxygen atoms in total. The number of aromatic nitrogens is 3. The highest BCUT2D eigenvalue weighted by Gasteiger charge is 2.28. The fourth-order valence-electron chi connectivity index (χ4n) is 2.06. The Kier molecular flexibility index (Phi) is 2.63. The van der Waals surface area contributed by atoms with E-state index in [0.717, 1.165) is 5.39 Å². The molecule has 3 amide bonds. The molecule has 1 aliphatic heterocycles. The molecule has 0 bridgehead atoms. The first-order chi connectivity index (χ1) is 9.06. The molecular formula is C11H10ClN5O2. The minimum atomic E-state index is -0.466. The summed E-state index contributed by atoms with van der Waals surface area (Å²) in [7, 11) is 1.72. The largest absolute Gasteiger partial charge is 0.329 e. The Bertz CT molecular complexity index is 696. The molecule has 1 fully saturated rings. The normalized spacial score (nSPS) is 16.0. The molecule has 2 aromatic rings. The number of carbonyl (C=O) groups is 2. The topological polar surface area (TPSA) is 80.1 Å². The molecule has 2 aromatic heterocycles. The zero-order valence-corrected chi connectivity index (χ0v) is 10.8. The number of urea groups is 1. The molecule has 8 heteroatoms. The molecule has 1 saturated heterocycles. The van der Waals surface area contributed by atoms with E-state index in [-0.39, 0.29) is 12.3 Å². The fourth-order valence-corrected chi connectivity index (χ4v) is 2.20. The Balaban J connectivity index is 2.10. The zero-order chi connectivity index (χ0) is 13.6. The van der Waals surface area contributed by atoms with Crippen LogP contribution in [0.4, 0.5) is 10.6 Å². The predicted molar refractivity (Wildman–Crippen MR) is 69.0 cm³/mol. The summed E-state index contributed by atoms with van der Waals surface area (Å²) < 4.78 is 1.56. The maximum Gasteiger partial charge on any atom is 0.329 e. The van der Waals surface area contributed by atoms with Crippen LogP contribution in [0.3, 0.4) is 0 Å². The average Bonchev–Trinajstić information content (AvgIpc) is 2.66. The van der Waals surface area contributed by atoms with Gasteiger partial charge in [-0.05, 0) is 12.1 Å². The van der Waals surface area contributed by atoms with Crippen LogP contribution in [0.5, 0.6) is 0 Å². The van der Waals surface area contributed by atoms with Gasteiger partial charge in [-0.25, -0.2) is 14.5 Å². The van der Waals surface area contributed by atoms with Crippen LogP contribution in [0, 0.1) is 0 Å². The van der Waals surface area contributed by atoms with Crippen molar-refractivity contribution < 1.29 is 9.59 Å². The lowest BCUT2D eigenvalue weighted by molar-refractivity contribution is -0.120. The number of halogens is 1. The number of hydrogen-bond acceptors (Lipinski definition) is 4. The predicted octanol–water partition coefficient (Wildman–Crippen LogP) is 1.07. The summed E-state index contributed by atoms with van der Waals surface area (Å²) >= 11 is 5.84. The lowest BCUT2D eigenvalue weighted by Crippen LogP contribution is -2.49. The van der Waals surface area contributed by atoms with Crippen LogP contribution in [0.2, 0.25) is 5.15 Å². The summed E-state index contributed by atoms with van der Waals surface area (Å²) in [6, 6.07) is 2.94. The highest BCUT2D eigenvalue weighted by atomic mass is 35.5. The number of hydrogen-bond donors (Lipinski definition) is 1. The number of aryl methyl sites for hydroxylation is 1. The maximum absolute atomic E-state index is 11.8. The number of fused-ring (bicyclic) bond motifs is 1. The molecule has 0 aliphatic carbocycles. The van der Waals surface area contributed by atoms with Crippen LogP contribution in [0.15, 0.2) is 12.1 Å². The molecule has 1 N–H and O–H groups in total. The van der Waals surface area contributed by atoms with Crippen molar-refractivity contribution in [1.29, 1.82) is 0 Å². The zero-order valence-electron chi connectivity index (χ0n) is 10.1. The van der Waals surface area contributed by atoms with Crippen molar-refractivity contribution in [1.82, 2.24) is 20.1 Å². The van der Waals surface area contributed by atoms with E-state index >= 15 is 0 Å². The van der Waals surface area contributed by atoms with Gasteiger partial charge in [0.2, 0.25) is 5.91 Å². The number of imide groups is 1. The second-order valence-corrected chi connectivity index (χ2v) is 4.59. The van der Waals surface area contributed by atoms with Gasteiger partial charge in [-0.15, -0.1) is 0 Å². The third-order valence-corrected chi connectivity index (χ3v) is 3.15. The van der Waals surface area contributed by atoms with E-state index in [9.17, 15) is 9.59 Å². The third-order valence-electron chi connectivity index (χ3n) is 2.94. The van der Waals surface area contributed by atoms with Crippen molar-refractivity contribution in [3.8, 4) is 0 Å². The molecule has 0 radical (unpaired) electrons. The summed E-state index contributed by atoms with van der Waals surface area (Å²) in [5, 5.41) is 7.63. The van der Waals surface area contributed by atoms with E-state index in [2.05, 4.69) is 15.4 Å². The van der Waals surface area contributed by atoms with E-state index < -0.39 is 6.03 Å². The lowest BCUT2D eigenvalue weighted by Gasteiger charge is -2.24. The van der Waals surface area contributed by atoms with Gasteiger partial charge in [0.25, 0.3) is 0 Å². The van der Waals surface area contributed by atoms with Gasteiger partial charge in [0.05, 0.1) is 5.39 Å². The third kappa shape index (κ3) is 1.91. The Morgan fingerprint density at radius 2 is 2.16 bits per heavy atom. The first kappa shape index (κ1) is 11.9. The molecule has 0 unspecified atom stereocenters. The van der Waals surface area contributed by atoms with Crippen LogP contribution in [-0.2, 0) is 11.8 Å². The van der Waals surface area contributed by atoms with E-state index in [1.165, 1.54) is 4.90 Å². The Hall–Kier alpha value is -2.15. The highest BCUT2D eigenvalue weighted by Crippen LogP contribution is 2.26. The molecule has 0 aromatic carbocycles. The number of anilines is 1. The van der Waals surface area contributed by atoms with Gasteiger partial charge in [-0.2, -0.15) is 5.10 Å². The van der Waals surface area contributed by atoms with Crippen molar-refractivity contribution in [2.24, 2.45) is 7.05 Å². The summed E-state index contributed by atoms with van der Waals surface area (Å²) in [6.07, 6.45) is 0.255.